The van der Waals surface area contributed by atoms with Crippen LogP contribution in [0.5, 0.6) is 0 Å². The second kappa shape index (κ2) is 9.12. The summed E-state index contributed by atoms with van der Waals surface area (Å²) in [7, 11) is 0. The summed E-state index contributed by atoms with van der Waals surface area (Å²) in [5.74, 6) is 0. The second-order valence-corrected chi connectivity index (χ2v) is 7.34. The molecule has 1 heterocycles. The minimum Gasteiger partial charge on any atom is -0.370 e. The highest BCUT2D eigenvalue weighted by molar-refractivity contribution is 7.80. The summed E-state index contributed by atoms with van der Waals surface area (Å²) in [5.41, 5.74) is 6.16. The van der Waals surface area contributed by atoms with Crippen LogP contribution in [0.3, 0.4) is 0 Å². The summed E-state index contributed by atoms with van der Waals surface area (Å²) in [5, 5.41) is 7.34. The lowest BCUT2D eigenvalue weighted by Gasteiger charge is -2.24. The van der Waals surface area contributed by atoms with E-state index in [4.69, 9.17) is 17.0 Å². The van der Waals surface area contributed by atoms with Crippen LogP contribution in [0.15, 0.2) is 42.5 Å². The first-order valence-corrected chi connectivity index (χ1v) is 9.63. The molecule has 0 aliphatic carbocycles. The molecule has 5 heteroatoms. The van der Waals surface area contributed by atoms with Gasteiger partial charge in [0.15, 0.2) is 5.11 Å². The molecule has 0 atom stereocenters. The quantitative estimate of drug-likeness (QED) is 0.706. The van der Waals surface area contributed by atoms with Crippen LogP contribution in [0.25, 0.3) is 0 Å². The first kappa shape index (κ1) is 18.8. The molecular weight excluding hydrogens is 342 g/mol. The molecule has 2 aromatic carbocycles. The number of thiocarbonyl (C=S) groups is 1. The average molecular weight is 371 g/mol. The zero-order valence-corrected chi connectivity index (χ0v) is 16.4. The predicted molar refractivity (Wildman–Crippen MR) is 111 cm³/mol. The van der Waals surface area contributed by atoms with E-state index in [1.165, 1.54) is 22.3 Å². The van der Waals surface area contributed by atoms with Crippen molar-refractivity contribution in [3.05, 3.63) is 64.7 Å². The highest BCUT2D eigenvalue weighted by Gasteiger charge is 2.16. The minimum atomic E-state index is 0.659. The summed E-state index contributed by atoms with van der Waals surface area (Å²) < 4.78 is 5.46. The van der Waals surface area contributed by atoms with Crippen LogP contribution >= 0.6 is 12.2 Å². The number of aryl methyl sites for hydroxylation is 2. The van der Waals surface area contributed by atoms with Crippen LogP contribution in [0.2, 0.25) is 0 Å². The second-order valence-electron chi connectivity index (χ2n) is 6.93. The average Bonchev–Trinajstić information content (AvgIpc) is 2.65. The van der Waals surface area contributed by atoms with Gasteiger partial charge in [0, 0.05) is 17.8 Å². The van der Waals surface area contributed by atoms with Crippen molar-refractivity contribution in [3.8, 4) is 0 Å². The number of morpholine rings is 1. The molecule has 4 nitrogen and oxygen atoms in total. The van der Waals surface area contributed by atoms with Gasteiger partial charge in [-0.05, 0) is 48.8 Å². The number of ether oxygens (including phenoxy) is 1. The Bertz CT molecular complexity index is 757. The number of nitrogens with one attached hydrogen (secondary N) is 3. The summed E-state index contributed by atoms with van der Waals surface area (Å²) in [6, 6.07) is 15.0. The lowest BCUT2D eigenvalue weighted by Crippen LogP contribution is -3.12. The molecule has 0 aromatic heterocycles. The Labute approximate surface area is 161 Å². The van der Waals surface area contributed by atoms with Crippen molar-refractivity contribution >= 4 is 23.0 Å². The summed E-state index contributed by atoms with van der Waals surface area (Å²) in [6.07, 6.45) is 0. The SMILES string of the molecule is Cc1ccc(C)c(NC(=S)NCc2ccccc2C[NH+]2CCOCC2)c1. The molecule has 0 radical (unpaired) electrons. The largest absolute Gasteiger partial charge is 0.370 e. The standard InChI is InChI=1S/C21H27N3OS/c1-16-7-8-17(2)20(13-16)23-21(26)22-14-18-5-3-4-6-19(18)15-24-9-11-25-12-10-24/h3-8,13H,9-12,14-15H2,1-2H3,(H2,22,23,26)/p+1. The molecule has 2 aromatic rings. The molecule has 138 valence electrons. The Kier molecular flexibility index (Phi) is 6.61. The molecule has 0 bridgehead atoms. The van der Waals surface area contributed by atoms with Crippen molar-refractivity contribution < 1.29 is 9.64 Å². The van der Waals surface area contributed by atoms with Crippen molar-refractivity contribution in [3.63, 3.8) is 0 Å². The third-order valence-electron chi connectivity index (χ3n) is 4.84. The van der Waals surface area contributed by atoms with E-state index in [9.17, 15) is 0 Å². The van der Waals surface area contributed by atoms with Gasteiger partial charge in [0.05, 0.1) is 13.2 Å². The van der Waals surface area contributed by atoms with Crippen molar-refractivity contribution in [1.82, 2.24) is 5.32 Å². The fourth-order valence-corrected chi connectivity index (χ4v) is 3.40. The smallest absolute Gasteiger partial charge is 0.171 e. The molecule has 1 aliphatic heterocycles. The van der Waals surface area contributed by atoms with Gasteiger partial charge in [-0.2, -0.15) is 0 Å². The van der Waals surface area contributed by atoms with Crippen LogP contribution in [-0.2, 0) is 17.8 Å². The van der Waals surface area contributed by atoms with Crippen molar-refractivity contribution in [1.29, 1.82) is 0 Å². The van der Waals surface area contributed by atoms with Gasteiger partial charge >= 0.3 is 0 Å². The van der Waals surface area contributed by atoms with Gasteiger partial charge in [-0.25, -0.2) is 0 Å². The van der Waals surface area contributed by atoms with E-state index in [1.54, 1.807) is 4.90 Å². The van der Waals surface area contributed by atoms with E-state index in [1.807, 2.05) is 0 Å². The zero-order valence-electron chi connectivity index (χ0n) is 15.6. The summed E-state index contributed by atoms with van der Waals surface area (Å²) >= 11 is 5.50. The maximum atomic E-state index is 5.50. The van der Waals surface area contributed by atoms with Crippen LogP contribution in [0, 0.1) is 13.8 Å². The predicted octanol–water partition coefficient (Wildman–Crippen LogP) is 2.21. The number of anilines is 1. The van der Waals surface area contributed by atoms with Gasteiger partial charge in [-0.1, -0.05) is 36.4 Å². The van der Waals surface area contributed by atoms with Gasteiger partial charge in [0.1, 0.15) is 19.6 Å². The molecule has 3 rings (SSSR count). The lowest BCUT2D eigenvalue weighted by molar-refractivity contribution is -0.921. The number of hydrogen-bond acceptors (Lipinski definition) is 2. The Morgan fingerprint density at radius 3 is 2.58 bits per heavy atom. The third kappa shape index (κ3) is 5.27. The molecule has 1 saturated heterocycles. The number of hydrogen-bond donors (Lipinski definition) is 3. The van der Waals surface area contributed by atoms with E-state index >= 15 is 0 Å². The summed E-state index contributed by atoms with van der Waals surface area (Å²) in [6.45, 7) is 9.83. The Hall–Kier alpha value is -1.95. The summed E-state index contributed by atoms with van der Waals surface area (Å²) in [4.78, 5) is 1.58. The molecule has 0 saturated carbocycles. The first-order valence-electron chi connectivity index (χ1n) is 9.22. The monoisotopic (exact) mass is 370 g/mol. The van der Waals surface area contributed by atoms with Gasteiger partial charge < -0.3 is 20.3 Å². The first-order chi connectivity index (χ1) is 12.6. The van der Waals surface area contributed by atoms with Crippen molar-refractivity contribution in [2.24, 2.45) is 0 Å². The highest BCUT2D eigenvalue weighted by atomic mass is 32.1. The maximum Gasteiger partial charge on any atom is 0.171 e. The molecule has 1 fully saturated rings. The Morgan fingerprint density at radius 2 is 1.81 bits per heavy atom. The van der Waals surface area contributed by atoms with Crippen molar-refractivity contribution in [2.45, 2.75) is 26.9 Å². The van der Waals surface area contributed by atoms with E-state index in [0.29, 0.717) is 5.11 Å². The van der Waals surface area contributed by atoms with Crippen LogP contribution in [0.1, 0.15) is 22.3 Å². The van der Waals surface area contributed by atoms with Gasteiger partial charge in [-0.15, -0.1) is 0 Å². The minimum absolute atomic E-state index is 0.659. The van der Waals surface area contributed by atoms with Crippen LogP contribution in [-0.4, -0.2) is 31.4 Å². The fourth-order valence-electron chi connectivity index (χ4n) is 3.22. The number of rotatable bonds is 5. The van der Waals surface area contributed by atoms with Crippen LogP contribution in [0.4, 0.5) is 5.69 Å². The van der Waals surface area contributed by atoms with Crippen molar-refractivity contribution in [2.75, 3.05) is 31.6 Å². The normalized spacial score (nSPS) is 14.8. The number of quaternary nitrogens is 1. The zero-order chi connectivity index (χ0) is 18.4. The number of benzene rings is 2. The Balaban J connectivity index is 1.58. The molecule has 3 N–H and O–H groups in total. The van der Waals surface area contributed by atoms with Crippen LogP contribution < -0.4 is 15.5 Å². The van der Waals surface area contributed by atoms with Gasteiger partial charge in [-0.3, -0.25) is 0 Å². The maximum absolute atomic E-state index is 5.50. The molecule has 0 amide bonds. The topological polar surface area (TPSA) is 37.7 Å². The van der Waals surface area contributed by atoms with E-state index < -0.39 is 0 Å². The van der Waals surface area contributed by atoms with Gasteiger partial charge in [0.2, 0.25) is 0 Å². The molecule has 1 aliphatic rings. The Morgan fingerprint density at radius 1 is 1.08 bits per heavy atom. The molecular formula is C21H28N3OS+. The van der Waals surface area contributed by atoms with E-state index in [-0.39, 0.29) is 0 Å². The third-order valence-corrected chi connectivity index (χ3v) is 5.09. The highest BCUT2D eigenvalue weighted by Crippen LogP contribution is 2.16. The van der Waals surface area contributed by atoms with Gasteiger partial charge in [0.25, 0.3) is 0 Å². The molecule has 0 spiro atoms. The lowest BCUT2D eigenvalue weighted by atomic mass is 10.1. The molecule has 0 unspecified atom stereocenters. The molecule has 26 heavy (non-hydrogen) atoms. The fraction of sp³-hybridized carbons (Fsp3) is 0.381. The van der Waals surface area contributed by atoms with E-state index in [2.05, 4.69) is 66.9 Å². The van der Waals surface area contributed by atoms with E-state index in [0.717, 1.165) is 45.1 Å².